The van der Waals surface area contributed by atoms with Crippen LogP contribution >= 0.6 is 0 Å². The van der Waals surface area contributed by atoms with Crippen LogP contribution in [0.4, 0.5) is 17.2 Å². The average Bonchev–Trinajstić information content (AvgIpc) is 2.87. The van der Waals surface area contributed by atoms with Crippen LogP contribution in [0.1, 0.15) is 11.1 Å². The molecule has 1 saturated heterocycles. The minimum Gasteiger partial charge on any atom is -0.364 e. The van der Waals surface area contributed by atoms with Gasteiger partial charge in [-0.05, 0) is 41.8 Å². The van der Waals surface area contributed by atoms with Gasteiger partial charge < -0.3 is 15.1 Å². The van der Waals surface area contributed by atoms with Gasteiger partial charge in [-0.1, -0.05) is 12.1 Å². The number of rotatable bonds is 5. The van der Waals surface area contributed by atoms with E-state index in [9.17, 15) is 14.9 Å². The van der Waals surface area contributed by atoms with Crippen LogP contribution in [0, 0.1) is 16.0 Å². The zero-order valence-corrected chi connectivity index (χ0v) is 18.0. The Bertz CT molecular complexity index is 1160. The Labute approximate surface area is 191 Å². The molecule has 168 valence electrons. The fourth-order valence-electron chi connectivity index (χ4n) is 4.79. The van der Waals surface area contributed by atoms with Gasteiger partial charge in [0.2, 0.25) is 5.91 Å². The Morgan fingerprint density at radius 1 is 1.15 bits per heavy atom. The first kappa shape index (κ1) is 20.9. The molecule has 0 unspecified atom stereocenters. The number of anilines is 2. The van der Waals surface area contributed by atoms with Crippen molar-refractivity contribution in [1.82, 2.24) is 15.3 Å². The van der Waals surface area contributed by atoms with Crippen molar-refractivity contribution in [3.63, 3.8) is 0 Å². The summed E-state index contributed by atoms with van der Waals surface area (Å²) in [6.45, 7) is 2.51. The summed E-state index contributed by atoms with van der Waals surface area (Å²) in [7, 11) is 0. The molecule has 0 spiro atoms. The van der Waals surface area contributed by atoms with Crippen molar-refractivity contribution in [1.29, 1.82) is 0 Å². The van der Waals surface area contributed by atoms with Crippen molar-refractivity contribution < 1.29 is 9.72 Å². The number of piperazine rings is 1. The van der Waals surface area contributed by atoms with Crippen molar-refractivity contribution in [2.24, 2.45) is 5.92 Å². The van der Waals surface area contributed by atoms with E-state index in [2.05, 4.69) is 25.1 Å². The van der Waals surface area contributed by atoms with Gasteiger partial charge in [0.05, 0.1) is 16.9 Å². The highest BCUT2D eigenvalue weighted by atomic mass is 16.6. The summed E-state index contributed by atoms with van der Waals surface area (Å²) >= 11 is 0. The largest absolute Gasteiger partial charge is 0.364 e. The summed E-state index contributed by atoms with van der Waals surface area (Å²) in [6, 6.07) is 14.5. The van der Waals surface area contributed by atoms with Crippen LogP contribution < -0.4 is 15.1 Å². The number of amides is 1. The molecule has 0 saturated carbocycles. The predicted octanol–water partition coefficient (Wildman–Crippen LogP) is 2.57. The molecule has 3 aromatic rings. The van der Waals surface area contributed by atoms with Crippen molar-refractivity contribution in [3.05, 3.63) is 88.4 Å². The van der Waals surface area contributed by atoms with Gasteiger partial charge in [0.15, 0.2) is 0 Å². The molecule has 5 rings (SSSR count). The second-order valence-electron chi connectivity index (χ2n) is 8.35. The number of nitro groups is 1. The zero-order valence-electron chi connectivity index (χ0n) is 18.0. The molecule has 4 heterocycles. The summed E-state index contributed by atoms with van der Waals surface area (Å²) in [5.41, 5.74) is 2.79. The van der Waals surface area contributed by atoms with Gasteiger partial charge in [-0.15, -0.1) is 0 Å². The molecule has 2 aromatic heterocycles. The molecule has 2 aliphatic rings. The smallest absolute Gasteiger partial charge is 0.269 e. The molecule has 1 fully saturated rings. The van der Waals surface area contributed by atoms with E-state index in [4.69, 9.17) is 0 Å². The monoisotopic (exact) mass is 444 g/mol. The summed E-state index contributed by atoms with van der Waals surface area (Å²) in [6.07, 6.45) is 5.65. The minimum atomic E-state index is -0.386. The third kappa shape index (κ3) is 4.21. The summed E-state index contributed by atoms with van der Waals surface area (Å²) in [4.78, 5) is 37.4. The highest BCUT2D eigenvalue weighted by molar-refractivity contribution is 5.82. The number of carbonyl (C=O) groups excluding carboxylic acids is 1. The lowest BCUT2D eigenvalue weighted by molar-refractivity contribution is -0.384. The minimum absolute atomic E-state index is 0.0499. The number of non-ortho nitro benzene ring substituents is 1. The number of nitrogens with one attached hydrogen (secondary N) is 1. The zero-order chi connectivity index (χ0) is 22.8. The van der Waals surface area contributed by atoms with E-state index in [1.165, 1.54) is 0 Å². The van der Waals surface area contributed by atoms with Gasteiger partial charge in [0, 0.05) is 62.6 Å². The second kappa shape index (κ2) is 8.85. The van der Waals surface area contributed by atoms with Crippen LogP contribution in [0.5, 0.6) is 0 Å². The first-order valence-electron chi connectivity index (χ1n) is 11.0. The van der Waals surface area contributed by atoms with E-state index >= 15 is 0 Å². The molecule has 2 atom stereocenters. The fraction of sp³-hybridized carbons (Fsp3) is 0.292. The van der Waals surface area contributed by atoms with Gasteiger partial charge in [-0.2, -0.15) is 0 Å². The highest BCUT2D eigenvalue weighted by Crippen LogP contribution is 2.38. The van der Waals surface area contributed by atoms with E-state index in [-0.39, 0.29) is 28.5 Å². The molecule has 2 aliphatic heterocycles. The summed E-state index contributed by atoms with van der Waals surface area (Å²) in [5.74, 6) is 0.484. The highest BCUT2D eigenvalue weighted by Gasteiger charge is 2.42. The molecule has 1 N–H and O–H groups in total. The van der Waals surface area contributed by atoms with Gasteiger partial charge in [-0.3, -0.25) is 19.9 Å². The lowest BCUT2D eigenvalue weighted by Gasteiger charge is -2.49. The maximum absolute atomic E-state index is 13.4. The Morgan fingerprint density at radius 3 is 2.82 bits per heavy atom. The van der Waals surface area contributed by atoms with E-state index in [1.807, 2.05) is 36.4 Å². The number of fused-ring (bicyclic) bond motifs is 3. The molecule has 1 amide bonds. The van der Waals surface area contributed by atoms with Crippen LogP contribution in [0.15, 0.2) is 67.1 Å². The number of nitro benzene ring substituents is 1. The van der Waals surface area contributed by atoms with Crippen molar-refractivity contribution in [2.75, 3.05) is 29.4 Å². The first-order chi connectivity index (χ1) is 16.1. The number of hydrogen-bond acceptors (Lipinski definition) is 7. The molecule has 0 aliphatic carbocycles. The third-order valence-electron chi connectivity index (χ3n) is 6.41. The SMILES string of the molecule is O=C(NCc1cccnc1)[C@H]1Cc2cc([N+](=O)[O-])ccc2N2CCN(c3ccccn3)C[C@H]12. The van der Waals surface area contributed by atoms with Crippen molar-refractivity contribution >= 4 is 23.1 Å². The van der Waals surface area contributed by atoms with Crippen LogP contribution in [-0.2, 0) is 17.8 Å². The van der Waals surface area contributed by atoms with Gasteiger partial charge in [0.25, 0.3) is 5.69 Å². The van der Waals surface area contributed by atoms with Crippen LogP contribution in [0.25, 0.3) is 0 Å². The van der Waals surface area contributed by atoms with Crippen LogP contribution in [0.2, 0.25) is 0 Å². The van der Waals surface area contributed by atoms with E-state index in [1.54, 1.807) is 30.7 Å². The van der Waals surface area contributed by atoms with Crippen LogP contribution in [0.3, 0.4) is 0 Å². The third-order valence-corrected chi connectivity index (χ3v) is 6.41. The van der Waals surface area contributed by atoms with Gasteiger partial charge in [0.1, 0.15) is 5.82 Å². The standard InChI is InChI=1S/C24H24N6O3/c31-24(27-15-17-4-3-8-25-14-17)20-13-18-12-19(30(32)33)6-7-21(18)29-11-10-28(16-22(20)29)23-5-1-2-9-26-23/h1-9,12,14,20,22H,10-11,13,15-16H2,(H,27,31)/t20-,22+/m0/s1. The molecule has 33 heavy (non-hydrogen) atoms. The molecule has 1 aromatic carbocycles. The Hall–Kier alpha value is -4.01. The van der Waals surface area contributed by atoms with Crippen molar-refractivity contribution in [3.8, 4) is 0 Å². The number of benzene rings is 1. The molecular weight excluding hydrogens is 420 g/mol. The fourth-order valence-corrected chi connectivity index (χ4v) is 4.79. The Morgan fingerprint density at radius 2 is 2.06 bits per heavy atom. The summed E-state index contributed by atoms with van der Waals surface area (Å²) < 4.78 is 0. The van der Waals surface area contributed by atoms with Crippen LogP contribution in [-0.4, -0.2) is 46.5 Å². The maximum Gasteiger partial charge on any atom is 0.269 e. The van der Waals surface area contributed by atoms with Gasteiger partial charge in [-0.25, -0.2) is 4.98 Å². The number of aromatic nitrogens is 2. The average molecular weight is 444 g/mol. The molecule has 0 bridgehead atoms. The molecule has 9 heteroatoms. The van der Waals surface area contributed by atoms with E-state index in [0.29, 0.717) is 26.1 Å². The van der Waals surface area contributed by atoms with Gasteiger partial charge >= 0.3 is 0 Å². The lowest BCUT2D eigenvalue weighted by atomic mass is 9.83. The number of nitrogens with zero attached hydrogens (tertiary/aromatic N) is 5. The second-order valence-corrected chi connectivity index (χ2v) is 8.35. The Kier molecular flexibility index (Phi) is 5.60. The number of pyridine rings is 2. The number of hydrogen-bond donors (Lipinski definition) is 1. The predicted molar refractivity (Wildman–Crippen MR) is 124 cm³/mol. The topological polar surface area (TPSA) is 104 Å². The molecule has 0 radical (unpaired) electrons. The molecule has 9 nitrogen and oxygen atoms in total. The van der Waals surface area contributed by atoms with E-state index < -0.39 is 0 Å². The molecular formula is C24H24N6O3. The summed E-state index contributed by atoms with van der Waals surface area (Å²) in [5, 5.41) is 14.4. The lowest BCUT2D eigenvalue weighted by Crippen LogP contribution is -2.61. The maximum atomic E-state index is 13.4. The first-order valence-corrected chi connectivity index (χ1v) is 11.0. The normalized spacial score (nSPS) is 19.4. The quantitative estimate of drug-likeness (QED) is 0.476. The number of carbonyl (C=O) groups is 1. The van der Waals surface area contributed by atoms with Crippen molar-refractivity contribution in [2.45, 2.75) is 19.0 Å². The van der Waals surface area contributed by atoms with E-state index in [0.717, 1.165) is 29.2 Å². The Balaban J connectivity index is 1.43.